The SMILES string of the molecule is O=C(N/N=C/c1ccc(SCCO)c([N+](=O)[O-])c1)c1ccc(Cl)cc1. The van der Waals surface area contributed by atoms with Crippen LogP contribution in [0.15, 0.2) is 52.5 Å². The van der Waals surface area contributed by atoms with E-state index in [-0.39, 0.29) is 12.3 Å². The van der Waals surface area contributed by atoms with Crippen LogP contribution in [-0.4, -0.2) is 34.5 Å². The molecule has 9 heteroatoms. The number of nitrogens with one attached hydrogen (secondary N) is 1. The third-order valence-corrected chi connectivity index (χ3v) is 4.31. The van der Waals surface area contributed by atoms with Gasteiger partial charge in [0.25, 0.3) is 11.6 Å². The lowest BCUT2D eigenvalue weighted by molar-refractivity contribution is -0.387. The number of carbonyl (C=O) groups excluding carboxylic acids is 1. The minimum Gasteiger partial charge on any atom is -0.396 e. The van der Waals surface area contributed by atoms with Crippen molar-refractivity contribution < 1.29 is 14.8 Å². The van der Waals surface area contributed by atoms with Crippen LogP contribution in [0.4, 0.5) is 5.69 Å². The van der Waals surface area contributed by atoms with Gasteiger partial charge in [0, 0.05) is 28.0 Å². The highest BCUT2D eigenvalue weighted by Crippen LogP contribution is 2.29. The number of hydrazone groups is 1. The Hall–Kier alpha value is -2.42. The average Bonchev–Trinajstić information content (AvgIpc) is 2.60. The number of amides is 1. The summed E-state index contributed by atoms with van der Waals surface area (Å²) >= 11 is 6.95. The maximum atomic E-state index is 11.9. The van der Waals surface area contributed by atoms with Crippen LogP contribution in [0, 0.1) is 10.1 Å². The minimum atomic E-state index is -0.497. The highest BCUT2D eigenvalue weighted by molar-refractivity contribution is 7.99. The molecule has 0 atom stereocenters. The molecule has 0 aliphatic rings. The Morgan fingerprint density at radius 1 is 1.32 bits per heavy atom. The zero-order valence-corrected chi connectivity index (χ0v) is 14.5. The van der Waals surface area contributed by atoms with Crippen LogP contribution >= 0.6 is 23.4 Å². The Balaban J connectivity index is 2.07. The van der Waals surface area contributed by atoms with Gasteiger partial charge in [-0.05, 0) is 30.3 Å². The van der Waals surface area contributed by atoms with Crippen molar-refractivity contribution in [2.45, 2.75) is 4.90 Å². The Labute approximate surface area is 152 Å². The Morgan fingerprint density at radius 2 is 2.04 bits per heavy atom. The minimum absolute atomic E-state index is 0.0677. The molecule has 2 rings (SSSR count). The van der Waals surface area contributed by atoms with Gasteiger partial charge in [-0.1, -0.05) is 17.7 Å². The van der Waals surface area contributed by atoms with E-state index in [1.165, 1.54) is 24.0 Å². The van der Waals surface area contributed by atoms with Crippen LogP contribution in [0.3, 0.4) is 0 Å². The second-order valence-electron chi connectivity index (χ2n) is 4.76. The molecule has 0 bridgehead atoms. The molecule has 0 saturated carbocycles. The number of thioether (sulfide) groups is 1. The van der Waals surface area contributed by atoms with Crippen LogP contribution in [0.25, 0.3) is 0 Å². The molecule has 0 aliphatic carbocycles. The number of aliphatic hydroxyl groups excluding tert-OH is 1. The zero-order chi connectivity index (χ0) is 18.2. The lowest BCUT2D eigenvalue weighted by Crippen LogP contribution is -2.17. The van der Waals surface area contributed by atoms with Gasteiger partial charge in [0.05, 0.1) is 22.6 Å². The van der Waals surface area contributed by atoms with E-state index in [1.807, 2.05) is 0 Å². The number of hydrogen-bond donors (Lipinski definition) is 2. The highest BCUT2D eigenvalue weighted by Gasteiger charge is 2.14. The molecule has 0 heterocycles. The van der Waals surface area contributed by atoms with E-state index in [1.54, 1.807) is 36.4 Å². The first-order valence-corrected chi connectivity index (χ1v) is 8.48. The first kappa shape index (κ1) is 18.9. The van der Waals surface area contributed by atoms with Crippen LogP contribution in [0.1, 0.15) is 15.9 Å². The summed E-state index contributed by atoms with van der Waals surface area (Å²) in [4.78, 5) is 23.0. The quantitative estimate of drug-likeness (QED) is 0.333. The van der Waals surface area contributed by atoms with Crippen molar-refractivity contribution in [1.29, 1.82) is 0 Å². The van der Waals surface area contributed by atoms with Crippen molar-refractivity contribution in [2.24, 2.45) is 5.10 Å². The standard InChI is InChI=1S/C16H14ClN3O4S/c17-13-4-2-12(3-5-13)16(22)19-18-10-11-1-6-15(25-8-7-21)14(9-11)20(23)24/h1-6,9-10,21H,7-8H2,(H,19,22)/b18-10+. The molecule has 25 heavy (non-hydrogen) atoms. The lowest BCUT2D eigenvalue weighted by atomic mass is 10.2. The van der Waals surface area contributed by atoms with Crippen molar-refractivity contribution in [1.82, 2.24) is 5.43 Å². The van der Waals surface area contributed by atoms with Crippen molar-refractivity contribution in [3.63, 3.8) is 0 Å². The van der Waals surface area contributed by atoms with E-state index in [2.05, 4.69) is 10.5 Å². The third-order valence-electron chi connectivity index (χ3n) is 3.01. The zero-order valence-electron chi connectivity index (χ0n) is 12.9. The van der Waals surface area contributed by atoms with Crippen LogP contribution in [0.5, 0.6) is 0 Å². The number of aliphatic hydroxyl groups is 1. The van der Waals surface area contributed by atoms with Gasteiger partial charge in [-0.2, -0.15) is 5.10 Å². The molecule has 0 radical (unpaired) electrons. The number of halogens is 1. The molecular weight excluding hydrogens is 366 g/mol. The summed E-state index contributed by atoms with van der Waals surface area (Å²) in [6.07, 6.45) is 1.32. The molecule has 0 aromatic heterocycles. The maximum absolute atomic E-state index is 11.9. The number of benzene rings is 2. The van der Waals surface area contributed by atoms with E-state index in [0.717, 1.165) is 0 Å². The monoisotopic (exact) mass is 379 g/mol. The normalized spacial score (nSPS) is 10.8. The first-order valence-electron chi connectivity index (χ1n) is 7.12. The number of nitrogens with zero attached hydrogens (tertiary/aromatic N) is 2. The Kier molecular flexibility index (Phi) is 6.93. The third kappa shape index (κ3) is 5.56. The number of carbonyl (C=O) groups is 1. The summed E-state index contributed by atoms with van der Waals surface area (Å²) in [7, 11) is 0. The topological polar surface area (TPSA) is 105 Å². The van der Waals surface area contributed by atoms with E-state index in [4.69, 9.17) is 16.7 Å². The number of hydrogen-bond acceptors (Lipinski definition) is 6. The van der Waals surface area contributed by atoms with Crippen molar-refractivity contribution in [3.05, 3.63) is 68.7 Å². The van der Waals surface area contributed by atoms with Gasteiger partial charge in [0.1, 0.15) is 0 Å². The Morgan fingerprint density at radius 3 is 2.68 bits per heavy atom. The molecule has 0 unspecified atom stereocenters. The molecule has 2 aromatic carbocycles. The van der Waals surface area contributed by atoms with Gasteiger partial charge in [-0.15, -0.1) is 11.8 Å². The van der Waals surface area contributed by atoms with Crippen molar-refractivity contribution in [3.8, 4) is 0 Å². The van der Waals surface area contributed by atoms with Gasteiger partial charge in [-0.3, -0.25) is 14.9 Å². The van der Waals surface area contributed by atoms with Gasteiger partial charge in [0.15, 0.2) is 0 Å². The fourth-order valence-electron chi connectivity index (χ4n) is 1.87. The fourth-order valence-corrected chi connectivity index (χ4v) is 2.75. The molecule has 0 aliphatic heterocycles. The first-order chi connectivity index (χ1) is 12.0. The molecule has 7 nitrogen and oxygen atoms in total. The average molecular weight is 380 g/mol. The van der Waals surface area contributed by atoms with Gasteiger partial charge in [-0.25, -0.2) is 5.43 Å². The summed E-state index contributed by atoms with van der Waals surface area (Å²) in [6.45, 7) is -0.0677. The fraction of sp³-hybridized carbons (Fsp3) is 0.125. The number of nitro benzene ring substituents is 1. The van der Waals surface area contributed by atoms with Crippen LogP contribution < -0.4 is 5.43 Å². The van der Waals surface area contributed by atoms with Crippen molar-refractivity contribution >= 4 is 41.2 Å². The molecule has 2 aromatic rings. The van der Waals surface area contributed by atoms with Gasteiger partial charge in [0.2, 0.25) is 0 Å². The van der Waals surface area contributed by atoms with Crippen molar-refractivity contribution in [2.75, 3.05) is 12.4 Å². The summed E-state index contributed by atoms with van der Waals surface area (Å²) in [5.41, 5.74) is 3.13. The summed E-state index contributed by atoms with van der Waals surface area (Å²) in [5.74, 6) is -0.0525. The Bertz CT molecular complexity index is 796. The molecule has 2 N–H and O–H groups in total. The van der Waals surface area contributed by atoms with E-state index in [9.17, 15) is 14.9 Å². The molecular formula is C16H14ClN3O4S. The van der Waals surface area contributed by atoms with Gasteiger partial charge >= 0.3 is 0 Å². The number of nitro groups is 1. The smallest absolute Gasteiger partial charge is 0.283 e. The van der Waals surface area contributed by atoms with Crippen LogP contribution in [0.2, 0.25) is 5.02 Å². The second-order valence-corrected chi connectivity index (χ2v) is 6.34. The largest absolute Gasteiger partial charge is 0.396 e. The predicted molar refractivity (Wildman–Crippen MR) is 97.4 cm³/mol. The molecule has 0 saturated heterocycles. The summed E-state index contributed by atoms with van der Waals surface area (Å²) < 4.78 is 0. The lowest BCUT2D eigenvalue weighted by Gasteiger charge is -2.03. The van der Waals surface area contributed by atoms with E-state index >= 15 is 0 Å². The van der Waals surface area contributed by atoms with E-state index in [0.29, 0.717) is 26.8 Å². The maximum Gasteiger partial charge on any atom is 0.283 e. The molecule has 1 amide bonds. The molecule has 0 spiro atoms. The predicted octanol–water partition coefficient (Wildman–Crippen LogP) is 3.10. The highest BCUT2D eigenvalue weighted by atomic mass is 35.5. The van der Waals surface area contributed by atoms with Gasteiger partial charge < -0.3 is 5.11 Å². The van der Waals surface area contributed by atoms with Crippen LogP contribution in [-0.2, 0) is 0 Å². The summed E-state index contributed by atoms with van der Waals surface area (Å²) in [5, 5.41) is 24.3. The number of rotatable bonds is 7. The van der Waals surface area contributed by atoms with E-state index < -0.39 is 10.8 Å². The molecule has 130 valence electrons. The summed E-state index contributed by atoms with van der Waals surface area (Å²) in [6, 6.07) is 10.9. The molecule has 0 fully saturated rings. The second kappa shape index (κ2) is 9.16.